The predicted molar refractivity (Wildman–Crippen MR) is 128 cm³/mol. The van der Waals surface area contributed by atoms with Gasteiger partial charge >= 0.3 is 0 Å². The summed E-state index contributed by atoms with van der Waals surface area (Å²) >= 11 is 4.44. The number of amides is 1. The van der Waals surface area contributed by atoms with Gasteiger partial charge in [0.05, 0.1) is 15.9 Å². The highest BCUT2D eigenvalue weighted by molar-refractivity contribution is 8.00. The topological polar surface area (TPSA) is 111 Å². The average Bonchev–Trinajstić information content (AvgIpc) is 3.50. The van der Waals surface area contributed by atoms with Crippen LogP contribution in [0, 0.1) is 10.1 Å². The summed E-state index contributed by atoms with van der Waals surface area (Å²) in [6.45, 7) is 1.84. The molecular weight excluding hydrogens is 466 g/mol. The number of thiophene rings is 1. The monoisotopic (exact) mass is 483 g/mol. The molecule has 4 aromatic rings. The molecule has 162 valence electrons. The fourth-order valence-corrected chi connectivity index (χ4v) is 6.62. The number of hydrogen-bond donors (Lipinski definition) is 1. The van der Waals surface area contributed by atoms with Gasteiger partial charge in [0.2, 0.25) is 5.91 Å². The highest BCUT2D eigenvalue weighted by atomic mass is 32.2. The van der Waals surface area contributed by atoms with Crippen LogP contribution in [-0.4, -0.2) is 31.0 Å². The first-order valence-corrected chi connectivity index (χ1v) is 12.5. The van der Waals surface area contributed by atoms with Gasteiger partial charge in [-0.2, -0.15) is 0 Å². The molecule has 0 saturated carbocycles. The molecule has 1 atom stereocenters. The first-order chi connectivity index (χ1) is 15.5. The molecule has 11 heteroatoms. The Labute approximate surface area is 195 Å². The quantitative estimate of drug-likeness (QED) is 0.171. The first kappa shape index (κ1) is 21.0. The third kappa shape index (κ3) is 3.98. The summed E-state index contributed by atoms with van der Waals surface area (Å²) < 4.78 is 0. The lowest BCUT2D eigenvalue weighted by molar-refractivity contribution is -0.384. The van der Waals surface area contributed by atoms with E-state index in [1.165, 1.54) is 45.7 Å². The fourth-order valence-electron chi connectivity index (χ4n) is 3.66. The minimum atomic E-state index is -0.440. The highest BCUT2D eigenvalue weighted by Crippen LogP contribution is 2.41. The number of nitrogens with zero attached hydrogens (tertiary/aromatic N) is 4. The maximum Gasteiger partial charge on any atom is 0.270 e. The van der Waals surface area contributed by atoms with E-state index >= 15 is 0 Å². The molecule has 0 fully saturated rings. The van der Waals surface area contributed by atoms with Gasteiger partial charge in [0.25, 0.3) is 5.69 Å². The maximum atomic E-state index is 12.8. The number of carbonyl (C=O) groups is 1. The van der Waals surface area contributed by atoms with Crippen molar-refractivity contribution in [1.29, 1.82) is 0 Å². The van der Waals surface area contributed by atoms with Crippen LogP contribution in [0.3, 0.4) is 0 Å². The predicted octanol–water partition coefficient (Wildman–Crippen LogP) is 5.33. The summed E-state index contributed by atoms with van der Waals surface area (Å²) in [4.78, 5) is 39.1. The number of anilines is 1. The lowest BCUT2D eigenvalue weighted by atomic mass is 10.1. The van der Waals surface area contributed by atoms with Crippen LogP contribution >= 0.6 is 34.4 Å². The van der Waals surface area contributed by atoms with E-state index in [-0.39, 0.29) is 16.8 Å². The van der Waals surface area contributed by atoms with E-state index in [0.717, 1.165) is 34.5 Å². The van der Waals surface area contributed by atoms with Gasteiger partial charge < -0.3 is 5.32 Å². The van der Waals surface area contributed by atoms with E-state index in [2.05, 4.69) is 20.3 Å². The summed E-state index contributed by atoms with van der Waals surface area (Å²) in [5.41, 5.74) is 2.55. The molecule has 0 saturated heterocycles. The van der Waals surface area contributed by atoms with E-state index in [9.17, 15) is 14.9 Å². The van der Waals surface area contributed by atoms with Crippen LogP contribution in [0.2, 0.25) is 0 Å². The Bertz CT molecular complexity index is 1350. The number of fused-ring (bicyclic) bond motifs is 3. The zero-order valence-corrected chi connectivity index (χ0v) is 19.4. The van der Waals surface area contributed by atoms with Crippen molar-refractivity contribution in [2.24, 2.45) is 0 Å². The van der Waals surface area contributed by atoms with Crippen molar-refractivity contribution in [1.82, 2.24) is 15.0 Å². The van der Waals surface area contributed by atoms with E-state index in [1.807, 2.05) is 6.92 Å². The van der Waals surface area contributed by atoms with Crippen LogP contribution in [0.4, 0.5) is 10.8 Å². The normalized spacial score (nSPS) is 13.8. The molecule has 1 aliphatic carbocycles. The molecule has 0 unspecified atom stereocenters. The summed E-state index contributed by atoms with van der Waals surface area (Å²) in [5.74, 6) is -0.173. The van der Waals surface area contributed by atoms with E-state index in [1.54, 1.807) is 35.2 Å². The van der Waals surface area contributed by atoms with Gasteiger partial charge in [0, 0.05) is 33.3 Å². The zero-order chi connectivity index (χ0) is 22.2. The smallest absolute Gasteiger partial charge is 0.270 e. The molecule has 1 aromatic carbocycles. The number of thioether (sulfide) groups is 1. The van der Waals surface area contributed by atoms with Crippen molar-refractivity contribution in [3.8, 4) is 11.3 Å². The van der Waals surface area contributed by atoms with Gasteiger partial charge in [-0.05, 0) is 31.7 Å². The molecule has 0 aliphatic heterocycles. The SMILES string of the molecule is C[C@@H](Sc1ncnc2sc3c(c12)CCC3)C(=O)Nc1nc(-c2cccc([N+](=O)[O-])c2)cs1. The lowest BCUT2D eigenvalue weighted by Crippen LogP contribution is -2.22. The summed E-state index contributed by atoms with van der Waals surface area (Å²) in [7, 11) is 0. The Kier molecular flexibility index (Phi) is 5.62. The average molecular weight is 484 g/mol. The van der Waals surface area contributed by atoms with Gasteiger partial charge in [0.15, 0.2) is 5.13 Å². The number of aromatic nitrogens is 3. The second-order valence-corrected chi connectivity index (χ2v) is 10.6. The minimum absolute atomic E-state index is 0.00203. The van der Waals surface area contributed by atoms with E-state index < -0.39 is 4.92 Å². The Morgan fingerprint density at radius 3 is 3.03 bits per heavy atom. The molecular formula is C21H17N5O3S3. The van der Waals surface area contributed by atoms with Crippen LogP contribution in [0.1, 0.15) is 23.8 Å². The molecule has 0 bridgehead atoms. The Hall–Kier alpha value is -2.89. The lowest BCUT2D eigenvalue weighted by Gasteiger charge is -2.11. The van der Waals surface area contributed by atoms with Gasteiger partial charge in [-0.25, -0.2) is 15.0 Å². The number of nitrogens with one attached hydrogen (secondary N) is 1. The number of carbonyl (C=O) groups excluding carboxylic acids is 1. The molecule has 1 aliphatic rings. The number of benzene rings is 1. The number of aryl methyl sites for hydroxylation is 2. The third-order valence-corrected chi connectivity index (χ3v) is 8.27. The van der Waals surface area contributed by atoms with Crippen LogP contribution in [0.25, 0.3) is 21.5 Å². The summed E-state index contributed by atoms with van der Waals surface area (Å²) in [6, 6.07) is 6.28. The molecule has 0 spiro atoms. The van der Waals surface area contributed by atoms with Crippen molar-refractivity contribution in [2.75, 3.05) is 5.32 Å². The maximum absolute atomic E-state index is 12.8. The summed E-state index contributed by atoms with van der Waals surface area (Å²) in [5, 5.41) is 17.6. The molecule has 3 aromatic heterocycles. The van der Waals surface area contributed by atoms with Crippen molar-refractivity contribution in [3.05, 3.63) is 56.5 Å². The van der Waals surface area contributed by atoms with Crippen molar-refractivity contribution in [2.45, 2.75) is 36.5 Å². The summed E-state index contributed by atoms with van der Waals surface area (Å²) in [6.07, 6.45) is 4.85. The zero-order valence-electron chi connectivity index (χ0n) is 16.9. The molecule has 5 rings (SSSR count). The Morgan fingerprint density at radius 1 is 1.31 bits per heavy atom. The molecule has 8 nitrogen and oxygen atoms in total. The Balaban J connectivity index is 1.31. The van der Waals surface area contributed by atoms with Crippen LogP contribution in [0.5, 0.6) is 0 Å². The number of thiazole rings is 1. The number of nitro benzene ring substituents is 1. The molecule has 32 heavy (non-hydrogen) atoms. The fraction of sp³-hybridized carbons (Fsp3) is 0.238. The molecule has 0 radical (unpaired) electrons. The standard InChI is InChI=1S/C21H17N5O3S3/c1-11(31-19-17-14-6-3-7-16(14)32-20(17)23-10-22-19)18(27)25-21-24-15(9-30-21)12-4-2-5-13(8-12)26(28)29/h2,4-5,8-11H,3,6-7H2,1H3,(H,24,25,27)/t11-/m1/s1. The largest absolute Gasteiger partial charge is 0.301 e. The highest BCUT2D eigenvalue weighted by Gasteiger charge is 2.24. The molecule has 3 heterocycles. The Morgan fingerprint density at radius 2 is 2.19 bits per heavy atom. The van der Waals surface area contributed by atoms with Crippen molar-refractivity contribution in [3.63, 3.8) is 0 Å². The second-order valence-electron chi connectivity index (χ2n) is 7.31. The second kappa shape index (κ2) is 8.57. The number of hydrogen-bond acceptors (Lipinski definition) is 9. The van der Waals surface area contributed by atoms with Crippen LogP contribution in [-0.2, 0) is 17.6 Å². The van der Waals surface area contributed by atoms with Gasteiger partial charge in [0.1, 0.15) is 16.2 Å². The van der Waals surface area contributed by atoms with Gasteiger partial charge in [-0.3, -0.25) is 14.9 Å². The number of nitro groups is 1. The van der Waals surface area contributed by atoms with Crippen LogP contribution < -0.4 is 5.32 Å². The van der Waals surface area contributed by atoms with Crippen LogP contribution in [0.15, 0.2) is 41.0 Å². The third-order valence-electron chi connectivity index (χ3n) is 5.21. The van der Waals surface area contributed by atoms with E-state index in [0.29, 0.717) is 16.4 Å². The van der Waals surface area contributed by atoms with E-state index in [4.69, 9.17) is 0 Å². The first-order valence-electron chi connectivity index (χ1n) is 9.92. The number of rotatable bonds is 6. The minimum Gasteiger partial charge on any atom is -0.301 e. The van der Waals surface area contributed by atoms with Crippen molar-refractivity contribution < 1.29 is 9.72 Å². The van der Waals surface area contributed by atoms with Crippen molar-refractivity contribution >= 4 is 61.4 Å². The van der Waals surface area contributed by atoms with Gasteiger partial charge in [-0.1, -0.05) is 23.9 Å². The van der Waals surface area contributed by atoms with Gasteiger partial charge in [-0.15, -0.1) is 22.7 Å². The number of non-ortho nitro benzene ring substituents is 1. The molecule has 1 amide bonds. The molecule has 1 N–H and O–H groups in total.